The number of amides is 1. The molecule has 1 saturated heterocycles. The number of hydrogen-bond acceptors (Lipinski definition) is 4. The summed E-state index contributed by atoms with van der Waals surface area (Å²) in [7, 11) is 0. The fourth-order valence-electron chi connectivity index (χ4n) is 4.94. The molecule has 1 unspecified atom stereocenters. The lowest BCUT2D eigenvalue weighted by Gasteiger charge is -2.40. The van der Waals surface area contributed by atoms with Gasteiger partial charge in [0.25, 0.3) is 5.91 Å². The smallest absolute Gasteiger partial charge is 0.291 e. The summed E-state index contributed by atoms with van der Waals surface area (Å²) in [6, 6.07) is 10.9. The van der Waals surface area contributed by atoms with Crippen molar-refractivity contribution in [3.8, 4) is 5.69 Å². The number of hydrogen-bond donors (Lipinski definition) is 1. The Balaban J connectivity index is 1.28. The van der Waals surface area contributed by atoms with E-state index in [4.69, 9.17) is 0 Å². The van der Waals surface area contributed by atoms with Gasteiger partial charge in [-0.15, -0.1) is 5.10 Å². The number of para-hydroxylation sites is 1. The van der Waals surface area contributed by atoms with Crippen LogP contribution < -0.4 is 5.32 Å². The number of nitrogens with one attached hydrogen (secondary N) is 1. The summed E-state index contributed by atoms with van der Waals surface area (Å²) in [5, 5.41) is 7.83. The minimum absolute atomic E-state index is 0.128. The van der Waals surface area contributed by atoms with Crippen molar-refractivity contribution in [1.29, 1.82) is 0 Å². The largest absolute Gasteiger partial charge is 0.345 e. The zero-order chi connectivity index (χ0) is 19.6. The van der Waals surface area contributed by atoms with Crippen LogP contribution in [0.25, 0.3) is 5.69 Å². The third-order valence-electron chi connectivity index (χ3n) is 6.66. The highest BCUT2D eigenvalue weighted by atomic mass is 16.2. The minimum Gasteiger partial charge on any atom is -0.345 e. The molecule has 6 heteroatoms. The Kier molecular flexibility index (Phi) is 5.36. The van der Waals surface area contributed by atoms with Crippen molar-refractivity contribution in [3.05, 3.63) is 42.0 Å². The van der Waals surface area contributed by atoms with Crippen LogP contribution in [-0.4, -0.2) is 50.7 Å². The first-order valence-corrected chi connectivity index (χ1v) is 11.4. The summed E-state index contributed by atoms with van der Waals surface area (Å²) in [5.74, 6) is 1.54. The number of piperidine rings is 1. The summed E-state index contributed by atoms with van der Waals surface area (Å²) < 4.78 is 1.86. The first-order chi connectivity index (χ1) is 14.3. The fourth-order valence-corrected chi connectivity index (χ4v) is 4.94. The fraction of sp³-hybridized carbons (Fsp3) is 0.609. The Morgan fingerprint density at radius 1 is 0.966 bits per heavy atom. The van der Waals surface area contributed by atoms with E-state index in [-0.39, 0.29) is 11.9 Å². The van der Waals surface area contributed by atoms with E-state index >= 15 is 0 Å². The van der Waals surface area contributed by atoms with Crippen LogP contribution in [0.2, 0.25) is 0 Å². The van der Waals surface area contributed by atoms with E-state index in [1.54, 1.807) is 0 Å². The van der Waals surface area contributed by atoms with Gasteiger partial charge in [0.1, 0.15) is 5.82 Å². The van der Waals surface area contributed by atoms with Crippen LogP contribution >= 0.6 is 0 Å². The standard InChI is InChI=1S/C23H31N5O/c29-23(24-18-8-7-15-27(16-18)19-9-3-1-4-10-19)21-25-22(17-13-14-17)28(26-21)20-11-5-2-6-12-20/h2,5-6,11-12,17-19H,1,3-4,7-10,13-16H2,(H,24,29). The van der Waals surface area contributed by atoms with Crippen molar-refractivity contribution >= 4 is 5.91 Å². The van der Waals surface area contributed by atoms with E-state index in [9.17, 15) is 4.79 Å². The van der Waals surface area contributed by atoms with Crippen LogP contribution in [0.3, 0.4) is 0 Å². The van der Waals surface area contributed by atoms with Crippen molar-refractivity contribution in [2.75, 3.05) is 13.1 Å². The van der Waals surface area contributed by atoms with Gasteiger partial charge in [-0.1, -0.05) is 37.5 Å². The van der Waals surface area contributed by atoms with Crippen LogP contribution in [0.5, 0.6) is 0 Å². The quantitative estimate of drug-likeness (QED) is 0.842. The van der Waals surface area contributed by atoms with Gasteiger partial charge < -0.3 is 5.32 Å². The van der Waals surface area contributed by atoms with Crippen molar-refractivity contribution in [3.63, 3.8) is 0 Å². The average molecular weight is 394 g/mol. The van der Waals surface area contributed by atoms with Crippen molar-refractivity contribution in [2.45, 2.75) is 75.8 Å². The van der Waals surface area contributed by atoms with E-state index in [2.05, 4.69) is 20.3 Å². The number of rotatable bonds is 5. The molecule has 1 aromatic carbocycles. The predicted octanol–water partition coefficient (Wildman–Crippen LogP) is 3.67. The third kappa shape index (κ3) is 4.22. The maximum atomic E-state index is 13.0. The molecule has 0 radical (unpaired) electrons. The van der Waals surface area contributed by atoms with Crippen LogP contribution in [-0.2, 0) is 0 Å². The summed E-state index contributed by atoms with van der Waals surface area (Å²) in [6.45, 7) is 2.13. The molecule has 3 fully saturated rings. The molecule has 2 saturated carbocycles. The zero-order valence-corrected chi connectivity index (χ0v) is 17.1. The molecule has 29 heavy (non-hydrogen) atoms. The number of carbonyl (C=O) groups excluding carboxylic acids is 1. The van der Waals surface area contributed by atoms with Gasteiger partial charge >= 0.3 is 0 Å². The second kappa shape index (κ2) is 8.27. The molecular formula is C23H31N5O. The minimum atomic E-state index is -0.128. The van der Waals surface area contributed by atoms with Crippen LogP contribution in [0, 0.1) is 0 Å². The molecule has 5 rings (SSSR count). The molecule has 0 bridgehead atoms. The van der Waals surface area contributed by atoms with E-state index in [0.29, 0.717) is 17.8 Å². The normalized spacial score (nSPS) is 23.8. The Hall–Kier alpha value is -2.21. The lowest BCUT2D eigenvalue weighted by molar-refractivity contribution is 0.0827. The first kappa shape index (κ1) is 18.8. The average Bonchev–Trinajstić information content (AvgIpc) is 3.53. The Morgan fingerprint density at radius 2 is 1.76 bits per heavy atom. The Morgan fingerprint density at radius 3 is 2.52 bits per heavy atom. The zero-order valence-electron chi connectivity index (χ0n) is 17.1. The van der Waals surface area contributed by atoms with Gasteiger partial charge in [-0.05, 0) is 57.2 Å². The molecule has 2 aromatic rings. The molecular weight excluding hydrogens is 362 g/mol. The predicted molar refractivity (Wildman–Crippen MR) is 112 cm³/mol. The second-order valence-electron chi connectivity index (χ2n) is 8.91. The number of benzene rings is 1. The molecule has 0 spiro atoms. The lowest BCUT2D eigenvalue weighted by atomic mass is 9.92. The highest BCUT2D eigenvalue weighted by molar-refractivity contribution is 5.90. The molecule has 1 atom stereocenters. The molecule has 1 N–H and O–H groups in total. The van der Waals surface area contributed by atoms with Crippen LogP contribution in [0.15, 0.2) is 30.3 Å². The first-order valence-electron chi connectivity index (χ1n) is 11.4. The van der Waals surface area contributed by atoms with Gasteiger partial charge in [0, 0.05) is 24.5 Å². The molecule has 1 aliphatic heterocycles. The molecule has 3 aliphatic rings. The number of aromatic nitrogens is 3. The highest BCUT2D eigenvalue weighted by Gasteiger charge is 2.33. The van der Waals surface area contributed by atoms with Crippen LogP contribution in [0.1, 0.15) is 80.1 Å². The van der Waals surface area contributed by atoms with Gasteiger partial charge in [-0.2, -0.15) is 0 Å². The summed E-state index contributed by atoms with van der Waals surface area (Å²) in [5.41, 5.74) is 0.974. The van der Waals surface area contributed by atoms with E-state index in [1.165, 1.54) is 38.6 Å². The summed E-state index contributed by atoms with van der Waals surface area (Å²) in [4.78, 5) is 20.2. The second-order valence-corrected chi connectivity index (χ2v) is 8.91. The molecule has 2 heterocycles. The molecule has 1 aromatic heterocycles. The van der Waals surface area contributed by atoms with E-state index in [1.807, 2.05) is 35.0 Å². The summed E-state index contributed by atoms with van der Waals surface area (Å²) >= 11 is 0. The Labute approximate surface area is 172 Å². The number of likely N-dealkylation sites (tertiary alicyclic amines) is 1. The third-order valence-corrected chi connectivity index (χ3v) is 6.66. The summed E-state index contributed by atoms with van der Waals surface area (Å²) in [6.07, 6.45) is 11.2. The SMILES string of the molecule is O=C(NC1CCCN(C2CCCCC2)C1)c1nc(C2CC2)n(-c2ccccc2)n1. The molecule has 1 amide bonds. The lowest BCUT2D eigenvalue weighted by Crippen LogP contribution is -2.51. The van der Waals surface area contributed by atoms with Gasteiger partial charge in [-0.25, -0.2) is 9.67 Å². The highest BCUT2D eigenvalue weighted by Crippen LogP contribution is 2.39. The Bertz CT molecular complexity index is 838. The molecule has 2 aliphatic carbocycles. The monoisotopic (exact) mass is 393 g/mol. The van der Waals surface area contributed by atoms with E-state index in [0.717, 1.165) is 43.7 Å². The van der Waals surface area contributed by atoms with Gasteiger partial charge in [0.05, 0.1) is 5.69 Å². The van der Waals surface area contributed by atoms with Crippen LogP contribution in [0.4, 0.5) is 0 Å². The topological polar surface area (TPSA) is 63.1 Å². The molecule has 6 nitrogen and oxygen atoms in total. The maximum Gasteiger partial charge on any atom is 0.291 e. The maximum absolute atomic E-state index is 13.0. The van der Waals surface area contributed by atoms with Crippen molar-refractivity contribution < 1.29 is 4.79 Å². The van der Waals surface area contributed by atoms with Crippen molar-refractivity contribution in [1.82, 2.24) is 25.0 Å². The van der Waals surface area contributed by atoms with Gasteiger partial charge in [0.2, 0.25) is 5.82 Å². The van der Waals surface area contributed by atoms with Gasteiger partial charge in [-0.3, -0.25) is 9.69 Å². The van der Waals surface area contributed by atoms with Gasteiger partial charge in [0.15, 0.2) is 0 Å². The number of nitrogens with zero attached hydrogens (tertiary/aromatic N) is 4. The molecule has 154 valence electrons. The van der Waals surface area contributed by atoms with Crippen molar-refractivity contribution in [2.24, 2.45) is 0 Å². The van der Waals surface area contributed by atoms with E-state index < -0.39 is 0 Å². The number of carbonyl (C=O) groups is 1.